The Balaban J connectivity index is 1.82. The molecule has 2 aliphatic heterocycles. The maximum atomic E-state index is 9.97. The highest BCUT2D eigenvalue weighted by molar-refractivity contribution is 7.98. The molecule has 0 fully saturated rings. The molecule has 4 rings (SSSR count). The van der Waals surface area contributed by atoms with Gasteiger partial charge in [0.15, 0.2) is 0 Å². The Morgan fingerprint density at radius 1 is 1.06 bits per heavy atom. The van der Waals surface area contributed by atoms with Crippen LogP contribution in [0.15, 0.2) is 86.6 Å². The minimum atomic E-state index is -0.135. The molecule has 2 aromatic carbocycles. The van der Waals surface area contributed by atoms with Crippen LogP contribution < -0.4 is 11.1 Å². The number of thioether (sulfide) groups is 2. The van der Waals surface area contributed by atoms with Crippen molar-refractivity contribution in [3.8, 4) is 6.07 Å². The molecule has 0 amide bonds. The van der Waals surface area contributed by atoms with E-state index in [4.69, 9.17) is 5.73 Å². The molecule has 0 spiro atoms. The maximum Gasteiger partial charge on any atom is 0.115 e. The lowest BCUT2D eigenvalue weighted by atomic mass is 9.78. The van der Waals surface area contributed by atoms with Gasteiger partial charge >= 0.3 is 0 Å². The molecular formula is C26H28N4S2. The van der Waals surface area contributed by atoms with E-state index in [1.54, 1.807) is 23.5 Å². The summed E-state index contributed by atoms with van der Waals surface area (Å²) < 4.78 is 0. The second-order valence-corrected chi connectivity index (χ2v) is 9.68. The first kappa shape index (κ1) is 22.6. The van der Waals surface area contributed by atoms with Crippen molar-refractivity contribution in [1.82, 2.24) is 10.2 Å². The van der Waals surface area contributed by atoms with Gasteiger partial charge in [-0.15, -0.1) is 23.5 Å². The molecule has 2 aliphatic rings. The number of hydrogen-bond acceptors (Lipinski definition) is 6. The van der Waals surface area contributed by atoms with Gasteiger partial charge in [0, 0.05) is 34.5 Å². The topological polar surface area (TPSA) is 65.1 Å². The summed E-state index contributed by atoms with van der Waals surface area (Å²) in [7, 11) is 0. The van der Waals surface area contributed by atoms with Gasteiger partial charge in [0.1, 0.15) is 5.82 Å². The van der Waals surface area contributed by atoms with E-state index in [1.807, 2.05) is 0 Å². The van der Waals surface area contributed by atoms with Crippen molar-refractivity contribution in [3.05, 3.63) is 87.9 Å². The number of likely N-dealkylation sites (N-methyl/N-ethyl adjacent to an activating group) is 1. The number of benzene rings is 2. The number of allylic oxidation sites excluding steroid dienone is 1. The minimum absolute atomic E-state index is 0.135. The summed E-state index contributed by atoms with van der Waals surface area (Å²) in [5.41, 5.74) is 12.8. The van der Waals surface area contributed by atoms with E-state index in [0.717, 1.165) is 30.9 Å². The lowest BCUT2D eigenvalue weighted by Gasteiger charge is -2.39. The van der Waals surface area contributed by atoms with E-state index in [9.17, 15) is 5.26 Å². The van der Waals surface area contributed by atoms with E-state index in [1.165, 1.54) is 26.5 Å². The zero-order valence-corrected chi connectivity index (χ0v) is 20.3. The standard InChI is InChI=1S/C26H28N4S2/c1-4-30-15-19(13-17-5-9-20(31-2)10-6-17)25-23(16-30)24(22(14-27)26(28)29-25)18-7-11-21(32-3)12-8-18/h5-13,24,29H,4,15-16,28H2,1-3H3/b19-13+. The summed E-state index contributed by atoms with van der Waals surface area (Å²) in [5, 5.41) is 13.4. The van der Waals surface area contributed by atoms with Crippen LogP contribution in [0.2, 0.25) is 0 Å². The molecule has 0 bridgehead atoms. The molecule has 0 radical (unpaired) electrons. The van der Waals surface area contributed by atoms with E-state index in [-0.39, 0.29) is 5.92 Å². The van der Waals surface area contributed by atoms with Crippen LogP contribution >= 0.6 is 23.5 Å². The number of dihydropyridines is 1. The summed E-state index contributed by atoms with van der Waals surface area (Å²) in [6.45, 7) is 4.79. The average molecular weight is 461 g/mol. The predicted molar refractivity (Wildman–Crippen MR) is 136 cm³/mol. The summed E-state index contributed by atoms with van der Waals surface area (Å²) in [6.07, 6.45) is 6.40. The van der Waals surface area contributed by atoms with E-state index >= 15 is 0 Å². The molecule has 2 heterocycles. The molecule has 0 saturated carbocycles. The first-order valence-electron chi connectivity index (χ1n) is 10.7. The summed E-state index contributed by atoms with van der Waals surface area (Å²) in [6, 6.07) is 19.5. The molecule has 6 heteroatoms. The van der Waals surface area contributed by atoms with Gasteiger partial charge in [0.05, 0.1) is 11.6 Å². The van der Waals surface area contributed by atoms with Gasteiger partial charge in [-0.2, -0.15) is 5.26 Å². The van der Waals surface area contributed by atoms with Crippen molar-refractivity contribution in [3.63, 3.8) is 0 Å². The average Bonchev–Trinajstić information content (AvgIpc) is 2.84. The number of nitrogens with zero attached hydrogens (tertiary/aromatic N) is 2. The van der Waals surface area contributed by atoms with Crippen LogP contribution in [-0.2, 0) is 0 Å². The molecule has 0 saturated heterocycles. The predicted octanol–water partition coefficient (Wildman–Crippen LogP) is 5.18. The van der Waals surface area contributed by atoms with Gasteiger partial charge in [-0.3, -0.25) is 4.90 Å². The minimum Gasteiger partial charge on any atom is -0.384 e. The third-order valence-corrected chi connectivity index (χ3v) is 7.58. The third kappa shape index (κ3) is 4.47. The molecule has 3 N–H and O–H groups in total. The van der Waals surface area contributed by atoms with Gasteiger partial charge in [-0.25, -0.2) is 0 Å². The molecular weight excluding hydrogens is 432 g/mol. The number of rotatable bonds is 5. The van der Waals surface area contributed by atoms with Crippen molar-refractivity contribution < 1.29 is 0 Å². The molecule has 1 unspecified atom stereocenters. The number of nitrogens with one attached hydrogen (secondary N) is 1. The van der Waals surface area contributed by atoms with Crippen molar-refractivity contribution in [1.29, 1.82) is 5.26 Å². The first-order chi connectivity index (χ1) is 15.6. The van der Waals surface area contributed by atoms with Gasteiger partial charge in [-0.1, -0.05) is 31.2 Å². The summed E-state index contributed by atoms with van der Waals surface area (Å²) >= 11 is 3.46. The normalized spacial score (nSPS) is 20.2. The van der Waals surface area contributed by atoms with Gasteiger partial charge in [0.25, 0.3) is 0 Å². The molecule has 0 aliphatic carbocycles. The number of hydrogen-bond donors (Lipinski definition) is 2. The highest BCUT2D eigenvalue weighted by Gasteiger charge is 2.35. The quantitative estimate of drug-likeness (QED) is 0.599. The van der Waals surface area contributed by atoms with Crippen LogP contribution in [0.1, 0.15) is 24.0 Å². The second-order valence-electron chi connectivity index (χ2n) is 7.92. The summed E-state index contributed by atoms with van der Waals surface area (Å²) in [5.74, 6) is 0.322. The second kappa shape index (κ2) is 9.91. The molecule has 2 aromatic rings. The fourth-order valence-electron chi connectivity index (χ4n) is 4.36. The Bertz CT molecular complexity index is 1120. The molecule has 32 heavy (non-hydrogen) atoms. The Morgan fingerprint density at radius 2 is 1.69 bits per heavy atom. The van der Waals surface area contributed by atoms with E-state index in [2.05, 4.69) is 90.3 Å². The van der Waals surface area contributed by atoms with Crippen LogP contribution in [0.3, 0.4) is 0 Å². The lowest BCUT2D eigenvalue weighted by molar-refractivity contribution is 0.320. The van der Waals surface area contributed by atoms with Crippen LogP contribution in [0.5, 0.6) is 0 Å². The van der Waals surface area contributed by atoms with Crippen molar-refractivity contribution in [2.45, 2.75) is 22.6 Å². The molecule has 164 valence electrons. The fourth-order valence-corrected chi connectivity index (χ4v) is 5.18. The van der Waals surface area contributed by atoms with Crippen molar-refractivity contribution >= 4 is 29.6 Å². The Kier molecular flexibility index (Phi) is 7.00. The summed E-state index contributed by atoms with van der Waals surface area (Å²) in [4.78, 5) is 4.88. The Morgan fingerprint density at radius 3 is 2.25 bits per heavy atom. The smallest absolute Gasteiger partial charge is 0.115 e. The number of nitrogens with two attached hydrogens (primary N) is 1. The van der Waals surface area contributed by atoms with Crippen LogP contribution in [0.25, 0.3) is 6.08 Å². The number of nitriles is 1. The van der Waals surface area contributed by atoms with Crippen LogP contribution in [0.4, 0.5) is 0 Å². The monoisotopic (exact) mass is 460 g/mol. The van der Waals surface area contributed by atoms with E-state index in [0.29, 0.717) is 11.4 Å². The fraction of sp³-hybridized carbons (Fsp3) is 0.269. The molecule has 0 aromatic heterocycles. The SMILES string of the molecule is CCN1CC2=C(NC(N)=C(C#N)C2c2ccc(SC)cc2)/C(=C/c2ccc(SC)cc2)C1. The zero-order chi connectivity index (χ0) is 22.7. The van der Waals surface area contributed by atoms with Crippen molar-refractivity contribution in [2.24, 2.45) is 5.73 Å². The van der Waals surface area contributed by atoms with Crippen LogP contribution in [0, 0.1) is 11.3 Å². The Hall–Kier alpha value is -2.59. The van der Waals surface area contributed by atoms with Crippen LogP contribution in [-0.4, -0.2) is 37.0 Å². The van der Waals surface area contributed by atoms with Gasteiger partial charge in [-0.05, 0) is 71.7 Å². The van der Waals surface area contributed by atoms with Crippen molar-refractivity contribution in [2.75, 3.05) is 32.1 Å². The van der Waals surface area contributed by atoms with Gasteiger partial charge in [0.2, 0.25) is 0 Å². The largest absolute Gasteiger partial charge is 0.384 e. The lowest BCUT2D eigenvalue weighted by Crippen LogP contribution is -2.42. The molecule has 1 atom stereocenters. The zero-order valence-electron chi connectivity index (χ0n) is 18.7. The Labute approximate surface area is 199 Å². The van der Waals surface area contributed by atoms with Gasteiger partial charge < -0.3 is 11.1 Å². The third-order valence-electron chi connectivity index (χ3n) is 6.09. The highest BCUT2D eigenvalue weighted by atomic mass is 32.2. The molecule has 4 nitrogen and oxygen atoms in total. The maximum absolute atomic E-state index is 9.97. The first-order valence-corrected chi connectivity index (χ1v) is 13.1. The highest BCUT2D eigenvalue weighted by Crippen LogP contribution is 2.41. The van der Waals surface area contributed by atoms with E-state index < -0.39 is 0 Å².